The lowest BCUT2D eigenvalue weighted by Gasteiger charge is -2.31. The molecule has 1 fully saturated rings. The van der Waals surface area contributed by atoms with Crippen molar-refractivity contribution in [1.82, 2.24) is 9.88 Å². The minimum absolute atomic E-state index is 0.507. The number of benzene rings is 2. The molecule has 1 saturated heterocycles. The lowest BCUT2D eigenvalue weighted by molar-refractivity contribution is 0.102. The molecule has 0 spiro atoms. The maximum Gasteiger partial charge on any atom is 0.0926 e. The zero-order chi connectivity index (χ0) is 20.8. The molecule has 1 aliphatic heterocycles. The van der Waals surface area contributed by atoms with Gasteiger partial charge in [-0.2, -0.15) is 0 Å². The van der Waals surface area contributed by atoms with E-state index >= 15 is 0 Å². The first kappa shape index (κ1) is 20.5. The van der Waals surface area contributed by atoms with E-state index in [1.165, 1.54) is 24.8 Å². The lowest BCUT2D eigenvalue weighted by atomic mass is 9.83. The normalized spacial score (nSPS) is 17.6. The summed E-state index contributed by atoms with van der Waals surface area (Å²) in [5.74, 6) is 0. The average molecular weight is 462 g/mol. The third-order valence-corrected chi connectivity index (χ3v) is 7.07. The van der Waals surface area contributed by atoms with Crippen LogP contribution in [0.3, 0.4) is 0 Å². The Morgan fingerprint density at radius 2 is 1.77 bits per heavy atom. The van der Waals surface area contributed by atoms with E-state index in [1.54, 1.807) is 6.07 Å². The molecular formula is C24H23Cl3N2O. The summed E-state index contributed by atoms with van der Waals surface area (Å²) < 4.78 is 0. The molecule has 156 valence electrons. The van der Waals surface area contributed by atoms with E-state index in [2.05, 4.69) is 4.90 Å². The SMILES string of the molecule is O[C@@H](CN1CCCCC1)c1c2c(nc3c(Cl)cc(Cl)cc13)-c1ccc(Cl)cc1CC2. The summed E-state index contributed by atoms with van der Waals surface area (Å²) in [6.45, 7) is 2.68. The van der Waals surface area contributed by atoms with Crippen LogP contribution in [-0.2, 0) is 12.8 Å². The van der Waals surface area contributed by atoms with Crippen molar-refractivity contribution in [2.24, 2.45) is 0 Å². The van der Waals surface area contributed by atoms with E-state index in [4.69, 9.17) is 39.8 Å². The maximum atomic E-state index is 11.4. The first-order chi connectivity index (χ1) is 14.5. The molecule has 2 heterocycles. The van der Waals surface area contributed by atoms with Gasteiger partial charge in [0, 0.05) is 27.5 Å². The number of rotatable bonds is 3. The van der Waals surface area contributed by atoms with Crippen molar-refractivity contribution < 1.29 is 5.11 Å². The van der Waals surface area contributed by atoms with Gasteiger partial charge < -0.3 is 10.0 Å². The Labute approximate surface area is 191 Å². The Morgan fingerprint density at radius 3 is 2.57 bits per heavy atom. The van der Waals surface area contributed by atoms with Gasteiger partial charge in [0.25, 0.3) is 0 Å². The molecule has 0 saturated carbocycles. The number of aryl methyl sites for hydroxylation is 1. The van der Waals surface area contributed by atoms with Crippen molar-refractivity contribution in [3.05, 3.63) is 62.1 Å². The highest BCUT2D eigenvalue weighted by Crippen LogP contribution is 2.42. The molecule has 30 heavy (non-hydrogen) atoms. The Balaban J connectivity index is 1.70. The summed E-state index contributed by atoms with van der Waals surface area (Å²) in [6, 6.07) is 9.55. The fourth-order valence-electron chi connectivity index (χ4n) is 4.95. The first-order valence-corrected chi connectivity index (χ1v) is 11.7. The zero-order valence-corrected chi connectivity index (χ0v) is 18.9. The third kappa shape index (κ3) is 3.72. The van der Waals surface area contributed by atoms with Gasteiger partial charge in [-0.1, -0.05) is 47.3 Å². The fourth-order valence-corrected chi connectivity index (χ4v) is 5.68. The van der Waals surface area contributed by atoms with Crippen LogP contribution in [0.2, 0.25) is 15.1 Å². The Kier molecular flexibility index (Phi) is 5.68. The van der Waals surface area contributed by atoms with Crippen LogP contribution < -0.4 is 0 Å². The number of fused-ring (bicyclic) bond motifs is 4. The van der Waals surface area contributed by atoms with Crippen LogP contribution in [0.1, 0.15) is 42.1 Å². The molecular weight excluding hydrogens is 439 g/mol. The van der Waals surface area contributed by atoms with Crippen LogP contribution in [0.15, 0.2) is 30.3 Å². The molecule has 3 nitrogen and oxygen atoms in total. The highest BCUT2D eigenvalue weighted by Gasteiger charge is 2.28. The summed E-state index contributed by atoms with van der Waals surface area (Å²) in [5.41, 5.74) is 5.86. The highest BCUT2D eigenvalue weighted by molar-refractivity contribution is 6.38. The summed E-state index contributed by atoms with van der Waals surface area (Å²) in [5, 5.41) is 14.1. The van der Waals surface area contributed by atoms with Gasteiger partial charge in [0.1, 0.15) is 0 Å². The minimum atomic E-state index is -0.620. The van der Waals surface area contributed by atoms with E-state index in [0.717, 1.165) is 58.7 Å². The number of β-amino-alcohol motifs (C(OH)–C–C–N with tert-alkyl or cyclic N) is 1. The Morgan fingerprint density at radius 1 is 0.967 bits per heavy atom. The molecule has 0 radical (unpaired) electrons. The number of halogens is 3. The molecule has 2 aliphatic rings. The fraction of sp³-hybridized carbons (Fsp3) is 0.375. The van der Waals surface area contributed by atoms with E-state index in [9.17, 15) is 5.11 Å². The van der Waals surface area contributed by atoms with E-state index in [-0.39, 0.29) is 0 Å². The van der Waals surface area contributed by atoms with Crippen LogP contribution >= 0.6 is 34.8 Å². The summed E-state index contributed by atoms with van der Waals surface area (Å²) in [6.07, 6.45) is 4.70. The number of aromatic nitrogens is 1. The van der Waals surface area contributed by atoms with Crippen molar-refractivity contribution in [1.29, 1.82) is 0 Å². The average Bonchev–Trinajstić information content (AvgIpc) is 2.72. The molecule has 0 bridgehead atoms. The monoisotopic (exact) mass is 460 g/mol. The first-order valence-electron chi connectivity index (χ1n) is 10.5. The molecule has 2 aromatic carbocycles. The maximum absolute atomic E-state index is 11.4. The van der Waals surface area contributed by atoms with Crippen molar-refractivity contribution in [3.63, 3.8) is 0 Å². The second-order valence-electron chi connectivity index (χ2n) is 8.31. The number of nitrogens with zero attached hydrogens (tertiary/aromatic N) is 2. The van der Waals surface area contributed by atoms with Gasteiger partial charge in [0.05, 0.1) is 22.3 Å². The number of hydrogen-bond donors (Lipinski definition) is 1. The summed E-state index contributed by atoms with van der Waals surface area (Å²) in [4.78, 5) is 7.32. The number of hydrogen-bond acceptors (Lipinski definition) is 3. The van der Waals surface area contributed by atoms with Gasteiger partial charge in [0.15, 0.2) is 0 Å². The standard InChI is InChI=1S/C24H23Cl3N2O/c25-15-5-7-17-14(10-15)4-6-18-22(21(30)13-29-8-2-1-3-9-29)19-11-16(26)12-20(27)24(19)28-23(17)18/h5,7,10-12,21,30H,1-4,6,8-9,13H2/t21-/m0/s1. The second-order valence-corrected chi connectivity index (χ2v) is 9.60. The van der Waals surface area contributed by atoms with Crippen LogP contribution in [0.4, 0.5) is 0 Å². The minimum Gasteiger partial charge on any atom is -0.387 e. The van der Waals surface area contributed by atoms with Gasteiger partial charge >= 0.3 is 0 Å². The number of aliphatic hydroxyl groups is 1. The number of likely N-dealkylation sites (tertiary alicyclic amines) is 1. The molecule has 1 atom stereocenters. The van der Waals surface area contributed by atoms with Crippen LogP contribution in [-0.4, -0.2) is 34.6 Å². The van der Waals surface area contributed by atoms with E-state index < -0.39 is 6.10 Å². The Bertz CT molecular complexity index is 1130. The number of aliphatic hydroxyl groups excluding tert-OH is 1. The summed E-state index contributed by atoms with van der Waals surface area (Å²) in [7, 11) is 0. The number of pyridine rings is 1. The van der Waals surface area contributed by atoms with E-state index in [1.807, 2.05) is 24.3 Å². The molecule has 6 heteroatoms. The van der Waals surface area contributed by atoms with Gasteiger partial charge in [-0.15, -0.1) is 0 Å². The van der Waals surface area contributed by atoms with Crippen molar-refractivity contribution in [2.75, 3.05) is 19.6 Å². The topological polar surface area (TPSA) is 36.4 Å². The lowest BCUT2D eigenvalue weighted by Crippen LogP contribution is -2.34. The van der Waals surface area contributed by atoms with Crippen molar-refractivity contribution >= 4 is 45.7 Å². The van der Waals surface area contributed by atoms with E-state index in [0.29, 0.717) is 22.1 Å². The molecule has 0 amide bonds. The smallest absolute Gasteiger partial charge is 0.0926 e. The number of piperidine rings is 1. The Hall–Kier alpha value is -1.36. The van der Waals surface area contributed by atoms with Crippen molar-refractivity contribution in [3.8, 4) is 11.3 Å². The predicted molar refractivity (Wildman–Crippen MR) is 125 cm³/mol. The quantitative estimate of drug-likeness (QED) is 0.485. The molecule has 5 rings (SSSR count). The van der Waals surface area contributed by atoms with Crippen LogP contribution in [0, 0.1) is 0 Å². The third-order valence-electron chi connectivity index (χ3n) is 6.33. The molecule has 3 aromatic rings. The van der Waals surface area contributed by atoms with Gasteiger partial charge in [-0.05, 0) is 79.7 Å². The molecule has 1 aliphatic carbocycles. The largest absolute Gasteiger partial charge is 0.387 e. The van der Waals surface area contributed by atoms with Crippen LogP contribution in [0.5, 0.6) is 0 Å². The summed E-state index contributed by atoms with van der Waals surface area (Å²) >= 11 is 19.2. The van der Waals surface area contributed by atoms with Crippen molar-refractivity contribution in [2.45, 2.75) is 38.2 Å². The van der Waals surface area contributed by atoms with Gasteiger partial charge in [-0.25, -0.2) is 4.98 Å². The second kappa shape index (κ2) is 8.29. The highest BCUT2D eigenvalue weighted by atomic mass is 35.5. The van der Waals surface area contributed by atoms with Gasteiger partial charge in [0.2, 0.25) is 0 Å². The molecule has 1 aromatic heterocycles. The molecule has 0 unspecified atom stereocenters. The van der Waals surface area contributed by atoms with Crippen LogP contribution in [0.25, 0.3) is 22.2 Å². The molecule has 1 N–H and O–H groups in total. The van der Waals surface area contributed by atoms with Gasteiger partial charge in [-0.3, -0.25) is 0 Å². The zero-order valence-electron chi connectivity index (χ0n) is 16.6. The predicted octanol–water partition coefficient (Wildman–Crippen LogP) is 6.48.